The molecule has 0 atom stereocenters. The predicted octanol–water partition coefficient (Wildman–Crippen LogP) is 5.25. The summed E-state index contributed by atoms with van der Waals surface area (Å²) in [6.07, 6.45) is 2.01. The van der Waals surface area contributed by atoms with Gasteiger partial charge >= 0.3 is 0 Å². The standard InChI is InChI=1S/C21H20N2O2S/c1-4-23(21-22-17-7-5-6-8-19(17)26-21)20(24)11-15-12-25-18-10-14(3)13(2)9-16(15)18/h5-10,12H,4,11H2,1-3H3. The molecule has 0 aliphatic heterocycles. The maximum Gasteiger partial charge on any atom is 0.233 e. The van der Waals surface area contributed by atoms with Crippen molar-refractivity contribution < 1.29 is 9.21 Å². The Morgan fingerprint density at radius 2 is 1.96 bits per heavy atom. The highest BCUT2D eigenvalue weighted by atomic mass is 32.1. The Kier molecular flexibility index (Phi) is 4.24. The van der Waals surface area contributed by atoms with E-state index in [-0.39, 0.29) is 5.91 Å². The first kappa shape index (κ1) is 16.8. The summed E-state index contributed by atoms with van der Waals surface area (Å²) in [5.74, 6) is 0.0347. The third-order valence-electron chi connectivity index (χ3n) is 4.74. The van der Waals surface area contributed by atoms with Gasteiger partial charge in [-0.05, 0) is 56.2 Å². The SMILES string of the molecule is CCN(C(=O)Cc1coc2cc(C)c(C)cc12)c1nc2ccccc2s1. The molecule has 2 aromatic carbocycles. The van der Waals surface area contributed by atoms with Gasteiger partial charge in [0.2, 0.25) is 5.91 Å². The molecule has 0 saturated heterocycles. The van der Waals surface area contributed by atoms with Gasteiger partial charge in [0.25, 0.3) is 0 Å². The lowest BCUT2D eigenvalue weighted by Gasteiger charge is -2.17. The molecular formula is C21H20N2O2S. The van der Waals surface area contributed by atoms with Crippen LogP contribution >= 0.6 is 11.3 Å². The van der Waals surface area contributed by atoms with Gasteiger partial charge in [-0.2, -0.15) is 0 Å². The number of hydrogen-bond acceptors (Lipinski definition) is 4. The smallest absolute Gasteiger partial charge is 0.233 e. The number of para-hydroxylation sites is 1. The molecule has 5 heteroatoms. The number of aromatic nitrogens is 1. The first-order chi connectivity index (χ1) is 12.6. The summed E-state index contributed by atoms with van der Waals surface area (Å²) in [6, 6.07) is 12.1. The van der Waals surface area contributed by atoms with Crippen LogP contribution in [0.1, 0.15) is 23.6 Å². The van der Waals surface area contributed by atoms with Gasteiger partial charge in [-0.3, -0.25) is 9.69 Å². The van der Waals surface area contributed by atoms with Crippen LogP contribution in [0.4, 0.5) is 5.13 Å². The number of hydrogen-bond donors (Lipinski definition) is 0. The van der Waals surface area contributed by atoms with Crippen LogP contribution in [-0.2, 0) is 11.2 Å². The molecule has 2 aromatic heterocycles. The summed E-state index contributed by atoms with van der Waals surface area (Å²) >= 11 is 1.55. The number of aryl methyl sites for hydroxylation is 2. The molecule has 0 saturated carbocycles. The van der Waals surface area contributed by atoms with Crippen LogP contribution in [0.3, 0.4) is 0 Å². The summed E-state index contributed by atoms with van der Waals surface area (Å²) in [7, 11) is 0. The van der Waals surface area contributed by atoms with E-state index in [4.69, 9.17) is 4.42 Å². The number of benzene rings is 2. The van der Waals surface area contributed by atoms with E-state index < -0.39 is 0 Å². The van der Waals surface area contributed by atoms with Crippen molar-refractivity contribution in [2.45, 2.75) is 27.2 Å². The molecule has 0 bridgehead atoms. The molecule has 0 aliphatic rings. The highest BCUT2D eigenvalue weighted by Gasteiger charge is 2.20. The molecule has 26 heavy (non-hydrogen) atoms. The molecule has 4 rings (SSSR count). The Labute approximate surface area is 156 Å². The highest BCUT2D eigenvalue weighted by molar-refractivity contribution is 7.22. The average Bonchev–Trinajstić information content (AvgIpc) is 3.20. The normalized spacial score (nSPS) is 11.3. The van der Waals surface area contributed by atoms with Crippen molar-refractivity contribution in [3.63, 3.8) is 0 Å². The first-order valence-electron chi connectivity index (χ1n) is 8.70. The number of thiazole rings is 1. The molecule has 4 nitrogen and oxygen atoms in total. The van der Waals surface area contributed by atoms with E-state index in [0.717, 1.165) is 31.9 Å². The summed E-state index contributed by atoms with van der Waals surface area (Å²) < 4.78 is 6.76. The number of nitrogens with zero attached hydrogens (tertiary/aromatic N) is 2. The summed E-state index contributed by atoms with van der Waals surface area (Å²) in [5.41, 5.74) is 5.07. The van der Waals surface area contributed by atoms with Gasteiger partial charge in [0.05, 0.1) is 22.9 Å². The van der Waals surface area contributed by atoms with Crippen LogP contribution in [-0.4, -0.2) is 17.4 Å². The van der Waals surface area contributed by atoms with Gasteiger partial charge < -0.3 is 4.42 Å². The number of likely N-dealkylation sites (N-methyl/N-ethyl adjacent to an activating group) is 1. The van der Waals surface area contributed by atoms with Crippen molar-refractivity contribution >= 4 is 43.6 Å². The minimum absolute atomic E-state index is 0.0347. The van der Waals surface area contributed by atoms with Crippen molar-refractivity contribution in [3.8, 4) is 0 Å². The fourth-order valence-electron chi connectivity index (χ4n) is 3.13. The van der Waals surface area contributed by atoms with Crippen LogP contribution in [0, 0.1) is 13.8 Å². The van der Waals surface area contributed by atoms with Gasteiger partial charge in [-0.25, -0.2) is 4.98 Å². The largest absolute Gasteiger partial charge is 0.464 e. The number of fused-ring (bicyclic) bond motifs is 2. The minimum Gasteiger partial charge on any atom is -0.464 e. The topological polar surface area (TPSA) is 46.3 Å². The third kappa shape index (κ3) is 2.88. The monoisotopic (exact) mass is 364 g/mol. The lowest BCUT2D eigenvalue weighted by Crippen LogP contribution is -2.31. The number of rotatable bonds is 4. The van der Waals surface area contributed by atoms with E-state index in [0.29, 0.717) is 13.0 Å². The second-order valence-corrected chi connectivity index (χ2v) is 7.48. The van der Waals surface area contributed by atoms with Crippen LogP contribution in [0.15, 0.2) is 47.1 Å². The van der Waals surface area contributed by atoms with Crippen LogP contribution in [0.2, 0.25) is 0 Å². The van der Waals surface area contributed by atoms with Crippen LogP contribution in [0.25, 0.3) is 21.2 Å². The zero-order valence-electron chi connectivity index (χ0n) is 15.1. The Bertz CT molecular complexity index is 1080. The average molecular weight is 364 g/mol. The van der Waals surface area contributed by atoms with Crippen molar-refractivity contribution in [1.82, 2.24) is 4.98 Å². The molecule has 0 unspecified atom stereocenters. The molecule has 2 heterocycles. The molecular weight excluding hydrogens is 344 g/mol. The van der Waals surface area contributed by atoms with Gasteiger partial charge in [0, 0.05) is 17.5 Å². The molecule has 1 amide bonds. The van der Waals surface area contributed by atoms with E-state index in [1.807, 2.05) is 37.3 Å². The lowest BCUT2D eigenvalue weighted by molar-refractivity contribution is -0.117. The number of anilines is 1. The Hall–Kier alpha value is -2.66. The molecule has 0 radical (unpaired) electrons. The molecule has 0 aliphatic carbocycles. The Balaban J connectivity index is 1.65. The minimum atomic E-state index is 0.0347. The zero-order chi connectivity index (χ0) is 18.3. The second-order valence-electron chi connectivity index (χ2n) is 6.47. The number of carbonyl (C=O) groups is 1. The zero-order valence-corrected chi connectivity index (χ0v) is 15.9. The fraction of sp³-hybridized carbons (Fsp3) is 0.238. The molecule has 0 N–H and O–H groups in total. The van der Waals surface area contributed by atoms with Gasteiger partial charge in [-0.1, -0.05) is 23.5 Å². The molecule has 132 valence electrons. The third-order valence-corrected chi connectivity index (χ3v) is 5.80. The van der Waals surface area contributed by atoms with Crippen molar-refractivity contribution in [1.29, 1.82) is 0 Å². The number of furan rings is 1. The number of carbonyl (C=O) groups excluding carboxylic acids is 1. The van der Waals surface area contributed by atoms with E-state index >= 15 is 0 Å². The van der Waals surface area contributed by atoms with Crippen molar-refractivity contribution in [2.24, 2.45) is 0 Å². The summed E-state index contributed by atoms with van der Waals surface area (Å²) in [6.45, 7) is 6.71. The Morgan fingerprint density at radius 1 is 1.19 bits per heavy atom. The lowest BCUT2D eigenvalue weighted by atomic mass is 10.0. The second kappa shape index (κ2) is 6.57. The molecule has 0 spiro atoms. The van der Waals surface area contributed by atoms with Gasteiger partial charge in [0.1, 0.15) is 5.58 Å². The van der Waals surface area contributed by atoms with E-state index in [2.05, 4.69) is 24.9 Å². The maximum absolute atomic E-state index is 13.0. The Morgan fingerprint density at radius 3 is 2.73 bits per heavy atom. The van der Waals surface area contributed by atoms with E-state index in [1.165, 1.54) is 11.1 Å². The fourth-order valence-corrected chi connectivity index (χ4v) is 4.17. The van der Waals surface area contributed by atoms with Gasteiger partial charge in [0.15, 0.2) is 5.13 Å². The summed E-state index contributed by atoms with van der Waals surface area (Å²) in [5, 5.41) is 1.76. The van der Waals surface area contributed by atoms with Crippen molar-refractivity contribution in [3.05, 3.63) is 59.4 Å². The van der Waals surface area contributed by atoms with E-state index in [1.54, 1.807) is 22.5 Å². The first-order valence-corrected chi connectivity index (χ1v) is 9.51. The highest BCUT2D eigenvalue weighted by Crippen LogP contribution is 2.30. The molecule has 0 fully saturated rings. The van der Waals surface area contributed by atoms with E-state index in [9.17, 15) is 4.79 Å². The van der Waals surface area contributed by atoms with Crippen molar-refractivity contribution in [2.75, 3.05) is 11.4 Å². The van der Waals surface area contributed by atoms with Gasteiger partial charge in [-0.15, -0.1) is 0 Å². The quantitative estimate of drug-likeness (QED) is 0.496. The number of amides is 1. The predicted molar refractivity (Wildman–Crippen MR) is 107 cm³/mol. The summed E-state index contributed by atoms with van der Waals surface area (Å²) in [4.78, 5) is 19.3. The maximum atomic E-state index is 13.0. The molecule has 4 aromatic rings. The van der Waals surface area contributed by atoms with Crippen LogP contribution in [0.5, 0.6) is 0 Å². The van der Waals surface area contributed by atoms with Crippen LogP contribution < -0.4 is 4.90 Å².